The van der Waals surface area contributed by atoms with E-state index in [0.717, 1.165) is 42.6 Å². The predicted molar refractivity (Wildman–Crippen MR) is 108 cm³/mol. The monoisotopic (exact) mass is 376 g/mol. The fraction of sp³-hybridized carbons (Fsp3) is 0.364. The summed E-state index contributed by atoms with van der Waals surface area (Å²) in [6, 6.07) is 11.3. The van der Waals surface area contributed by atoms with Crippen LogP contribution in [-0.2, 0) is 17.8 Å². The first-order chi connectivity index (χ1) is 13.6. The molecule has 4 rings (SSSR count). The van der Waals surface area contributed by atoms with Gasteiger partial charge in [0.2, 0.25) is 5.91 Å². The van der Waals surface area contributed by atoms with Gasteiger partial charge >= 0.3 is 0 Å². The molecule has 6 nitrogen and oxygen atoms in total. The standard InChI is InChI=1S/C22H24N4O2/c1-16-8-12-25(13-9-16)21(27)15-26-22(28)19-5-3-2-4-18(19)20(24-26)14-17-6-10-23-11-7-17/h2-7,10-11,16H,8-9,12-15H2,1H3. The summed E-state index contributed by atoms with van der Waals surface area (Å²) in [4.78, 5) is 31.6. The first-order valence-corrected chi connectivity index (χ1v) is 9.77. The van der Waals surface area contributed by atoms with Crippen LogP contribution in [0.1, 0.15) is 31.0 Å². The van der Waals surface area contributed by atoms with E-state index in [0.29, 0.717) is 17.7 Å². The van der Waals surface area contributed by atoms with Crippen LogP contribution in [0.4, 0.5) is 0 Å². The van der Waals surface area contributed by atoms with Gasteiger partial charge in [-0.15, -0.1) is 0 Å². The fourth-order valence-corrected chi connectivity index (χ4v) is 3.72. The Morgan fingerprint density at radius 2 is 1.75 bits per heavy atom. The minimum absolute atomic E-state index is 0.0125. The second-order valence-corrected chi connectivity index (χ2v) is 7.55. The quantitative estimate of drug-likeness (QED) is 0.702. The van der Waals surface area contributed by atoms with Crippen molar-refractivity contribution < 1.29 is 4.79 Å². The molecule has 1 amide bonds. The largest absolute Gasteiger partial charge is 0.341 e. The van der Waals surface area contributed by atoms with Gasteiger partial charge in [-0.1, -0.05) is 25.1 Å². The van der Waals surface area contributed by atoms with Crippen molar-refractivity contribution in [3.63, 3.8) is 0 Å². The minimum atomic E-state index is -0.215. The third-order valence-corrected chi connectivity index (χ3v) is 5.49. The second-order valence-electron chi connectivity index (χ2n) is 7.55. The Morgan fingerprint density at radius 1 is 1.07 bits per heavy atom. The number of amides is 1. The van der Waals surface area contributed by atoms with Gasteiger partial charge in [0.25, 0.3) is 5.56 Å². The van der Waals surface area contributed by atoms with Crippen LogP contribution in [0.5, 0.6) is 0 Å². The van der Waals surface area contributed by atoms with E-state index in [1.807, 2.05) is 35.2 Å². The molecule has 1 aliphatic rings. The van der Waals surface area contributed by atoms with E-state index < -0.39 is 0 Å². The lowest BCUT2D eigenvalue weighted by atomic mass is 9.99. The number of hydrogen-bond acceptors (Lipinski definition) is 4. The molecular weight excluding hydrogens is 352 g/mol. The molecule has 0 atom stereocenters. The van der Waals surface area contributed by atoms with Crippen molar-refractivity contribution in [2.45, 2.75) is 32.7 Å². The fourth-order valence-electron chi connectivity index (χ4n) is 3.72. The summed E-state index contributed by atoms with van der Waals surface area (Å²) >= 11 is 0. The number of carbonyl (C=O) groups excluding carboxylic acids is 1. The molecule has 3 aromatic rings. The van der Waals surface area contributed by atoms with Gasteiger partial charge in [0.15, 0.2) is 0 Å². The summed E-state index contributed by atoms with van der Waals surface area (Å²) in [6.45, 7) is 3.71. The number of nitrogens with zero attached hydrogens (tertiary/aromatic N) is 4. The lowest BCUT2D eigenvalue weighted by molar-refractivity contribution is -0.133. The number of fused-ring (bicyclic) bond motifs is 1. The first-order valence-electron chi connectivity index (χ1n) is 9.77. The Labute approximate surface area is 163 Å². The van der Waals surface area contributed by atoms with Gasteiger partial charge in [-0.2, -0.15) is 5.10 Å². The zero-order chi connectivity index (χ0) is 19.5. The highest BCUT2D eigenvalue weighted by molar-refractivity contribution is 5.84. The van der Waals surface area contributed by atoms with Crippen LogP contribution in [-0.4, -0.2) is 38.7 Å². The van der Waals surface area contributed by atoms with E-state index in [4.69, 9.17) is 0 Å². The summed E-state index contributed by atoms with van der Waals surface area (Å²) in [7, 11) is 0. The molecule has 0 spiro atoms. The Kier molecular flexibility index (Phi) is 5.19. The van der Waals surface area contributed by atoms with Gasteiger partial charge in [0.05, 0.1) is 11.1 Å². The van der Waals surface area contributed by atoms with E-state index >= 15 is 0 Å². The third-order valence-electron chi connectivity index (χ3n) is 5.49. The first kappa shape index (κ1) is 18.3. The van der Waals surface area contributed by atoms with Crippen LogP contribution in [0.25, 0.3) is 10.8 Å². The number of hydrogen-bond donors (Lipinski definition) is 0. The van der Waals surface area contributed by atoms with Crippen LogP contribution < -0.4 is 5.56 Å². The number of rotatable bonds is 4. The van der Waals surface area contributed by atoms with E-state index in [1.54, 1.807) is 18.5 Å². The van der Waals surface area contributed by atoms with Crippen LogP contribution in [0, 0.1) is 5.92 Å². The zero-order valence-electron chi connectivity index (χ0n) is 16.0. The molecule has 144 valence electrons. The topological polar surface area (TPSA) is 68.1 Å². The lowest BCUT2D eigenvalue weighted by Crippen LogP contribution is -2.41. The summed E-state index contributed by atoms with van der Waals surface area (Å²) in [6.07, 6.45) is 6.10. The maximum Gasteiger partial charge on any atom is 0.275 e. The molecule has 6 heteroatoms. The van der Waals surface area contributed by atoms with E-state index in [2.05, 4.69) is 17.0 Å². The molecule has 1 aromatic carbocycles. The number of carbonyl (C=O) groups is 1. The average molecular weight is 376 g/mol. The Hall–Kier alpha value is -3.02. The zero-order valence-corrected chi connectivity index (χ0v) is 16.0. The highest BCUT2D eigenvalue weighted by Gasteiger charge is 2.22. The van der Waals surface area contributed by atoms with Gasteiger partial charge in [-0.3, -0.25) is 14.6 Å². The molecule has 0 aliphatic carbocycles. The van der Waals surface area contributed by atoms with Gasteiger partial charge in [0, 0.05) is 37.3 Å². The van der Waals surface area contributed by atoms with E-state index in [-0.39, 0.29) is 18.0 Å². The summed E-state index contributed by atoms with van der Waals surface area (Å²) < 4.78 is 1.33. The van der Waals surface area contributed by atoms with Gasteiger partial charge < -0.3 is 4.90 Å². The van der Waals surface area contributed by atoms with Crippen LogP contribution in [0.15, 0.2) is 53.6 Å². The molecule has 28 heavy (non-hydrogen) atoms. The second kappa shape index (κ2) is 7.92. The van der Waals surface area contributed by atoms with Crippen molar-refractivity contribution in [2.75, 3.05) is 13.1 Å². The average Bonchev–Trinajstić information content (AvgIpc) is 2.72. The van der Waals surface area contributed by atoms with Gasteiger partial charge in [-0.05, 0) is 42.5 Å². The van der Waals surface area contributed by atoms with E-state index in [1.165, 1.54) is 4.68 Å². The maximum atomic E-state index is 12.9. The SMILES string of the molecule is CC1CCN(C(=O)Cn2nc(Cc3ccncc3)c3ccccc3c2=O)CC1. The highest BCUT2D eigenvalue weighted by atomic mass is 16.2. The molecule has 0 saturated carbocycles. The van der Waals surface area contributed by atoms with Gasteiger partial charge in [-0.25, -0.2) is 4.68 Å². The maximum absolute atomic E-state index is 12.9. The molecule has 2 aromatic heterocycles. The van der Waals surface area contributed by atoms with Crippen molar-refractivity contribution in [3.05, 3.63) is 70.4 Å². The summed E-state index contributed by atoms with van der Waals surface area (Å²) in [5, 5.41) is 6.01. The minimum Gasteiger partial charge on any atom is -0.341 e. The predicted octanol–water partition coefficient (Wildman–Crippen LogP) is 2.64. The van der Waals surface area contributed by atoms with Crippen LogP contribution in [0.2, 0.25) is 0 Å². The highest BCUT2D eigenvalue weighted by Crippen LogP contribution is 2.18. The molecule has 0 bridgehead atoms. The van der Waals surface area contributed by atoms with Gasteiger partial charge in [0.1, 0.15) is 6.54 Å². The molecule has 1 saturated heterocycles. The number of likely N-dealkylation sites (tertiary alicyclic amines) is 1. The molecule has 0 radical (unpaired) electrons. The summed E-state index contributed by atoms with van der Waals surface area (Å²) in [5.74, 6) is 0.615. The van der Waals surface area contributed by atoms with Crippen molar-refractivity contribution >= 4 is 16.7 Å². The summed E-state index contributed by atoms with van der Waals surface area (Å²) in [5.41, 5.74) is 1.64. The molecule has 1 fully saturated rings. The molecule has 1 aliphatic heterocycles. The van der Waals surface area contributed by atoms with Crippen LogP contribution in [0.3, 0.4) is 0 Å². The Bertz CT molecular complexity index is 1040. The van der Waals surface area contributed by atoms with E-state index in [9.17, 15) is 9.59 Å². The lowest BCUT2D eigenvalue weighted by Gasteiger charge is -2.30. The smallest absolute Gasteiger partial charge is 0.275 e. The number of piperidine rings is 1. The van der Waals surface area contributed by atoms with Crippen molar-refractivity contribution in [1.29, 1.82) is 0 Å². The van der Waals surface area contributed by atoms with Crippen LogP contribution >= 0.6 is 0 Å². The molecule has 0 unspecified atom stereocenters. The molecular formula is C22H24N4O2. The third kappa shape index (κ3) is 3.81. The number of benzene rings is 1. The number of aromatic nitrogens is 3. The normalized spacial score (nSPS) is 15.1. The Morgan fingerprint density at radius 3 is 2.46 bits per heavy atom. The van der Waals surface area contributed by atoms with Crippen molar-refractivity contribution in [3.8, 4) is 0 Å². The Balaban J connectivity index is 1.67. The van der Waals surface area contributed by atoms with Crippen molar-refractivity contribution in [1.82, 2.24) is 19.7 Å². The van der Waals surface area contributed by atoms with Crippen molar-refractivity contribution in [2.24, 2.45) is 5.92 Å². The molecule has 0 N–H and O–H groups in total. The molecule has 3 heterocycles. The number of pyridine rings is 1.